The van der Waals surface area contributed by atoms with E-state index in [0.717, 1.165) is 6.92 Å². The molecule has 0 bridgehead atoms. The molecular weight excluding hydrogens is 246 g/mol. The van der Waals surface area contributed by atoms with Gasteiger partial charge in [0, 0.05) is 0 Å². The predicted octanol–water partition coefficient (Wildman–Crippen LogP) is 5.13. The molecule has 0 heterocycles. The van der Waals surface area contributed by atoms with Gasteiger partial charge in [0.2, 0.25) is 0 Å². The highest BCUT2D eigenvalue weighted by molar-refractivity contribution is 4.72. The van der Waals surface area contributed by atoms with Crippen molar-refractivity contribution < 1.29 is 26.3 Å². The van der Waals surface area contributed by atoms with E-state index < -0.39 is 18.3 Å². The van der Waals surface area contributed by atoms with Gasteiger partial charge in [-0.1, -0.05) is 20.8 Å². The van der Waals surface area contributed by atoms with Crippen molar-refractivity contribution in [3.05, 3.63) is 0 Å². The normalized spacial score (nSPS) is 14.1. The van der Waals surface area contributed by atoms with Crippen molar-refractivity contribution >= 4 is 0 Å². The van der Waals surface area contributed by atoms with Crippen molar-refractivity contribution in [2.24, 2.45) is 11.8 Å². The summed E-state index contributed by atoms with van der Waals surface area (Å²) in [7, 11) is 0.500. The summed E-state index contributed by atoms with van der Waals surface area (Å²) >= 11 is 0. The smallest absolute Gasteiger partial charge is 0.255 e. The lowest BCUT2D eigenvalue weighted by Crippen LogP contribution is -2.29. The number of hydrogen-bond donors (Lipinski definition) is 0. The molecule has 0 radical (unpaired) electrons. The van der Waals surface area contributed by atoms with Crippen LogP contribution in [0.15, 0.2) is 0 Å². The largest absolute Gasteiger partial charge is 0.394 e. The second-order valence-electron chi connectivity index (χ2n) is 3.74. The monoisotopic (exact) mass is 268 g/mol. The van der Waals surface area contributed by atoms with E-state index in [0.29, 0.717) is 7.18 Å². The Morgan fingerprint density at radius 3 is 1.47 bits per heavy atom. The topological polar surface area (TPSA) is 0 Å². The Hall–Kier alpha value is -0.420. The minimum atomic E-state index is -4.41. The maximum absolute atomic E-state index is 12.8. The van der Waals surface area contributed by atoms with E-state index in [2.05, 4.69) is 0 Å². The van der Waals surface area contributed by atoms with Crippen LogP contribution in [0.2, 0.25) is 0 Å². The first kappa shape index (κ1) is 21.8. The average molecular weight is 268 g/mol. The number of halogens is 6. The number of rotatable bonds is 3. The van der Waals surface area contributed by atoms with Crippen LogP contribution in [0.3, 0.4) is 0 Å². The zero-order chi connectivity index (χ0) is 14.6. The van der Waals surface area contributed by atoms with E-state index in [-0.39, 0.29) is 19.0 Å². The molecule has 0 aliphatic heterocycles. The molecular formula is C11H22F6. The fourth-order valence-electron chi connectivity index (χ4n) is 0.860. The molecule has 17 heavy (non-hydrogen) atoms. The van der Waals surface area contributed by atoms with Gasteiger partial charge in [-0.3, -0.25) is 8.78 Å². The third-order valence-corrected chi connectivity index (χ3v) is 1.76. The van der Waals surface area contributed by atoms with Crippen LogP contribution < -0.4 is 0 Å². The number of alkyl halides is 6. The van der Waals surface area contributed by atoms with Crippen LogP contribution in [0.5, 0.6) is 0 Å². The Morgan fingerprint density at radius 2 is 1.29 bits per heavy atom. The summed E-state index contributed by atoms with van der Waals surface area (Å²) in [5, 5.41) is 0. The molecule has 0 aromatic rings. The van der Waals surface area contributed by atoms with Gasteiger partial charge in [0.15, 0.2) is 0 Å². The van der Waals surface area contributed by atoms with Crippen LogP contribution >= 0.6 is 0 Å². The van der Waals surface area contributed by atoms with Crippen molar-refractivity contribution in [1.29, 1.82) is 0 Å². The van der Waals surface area contributed by atoms with Crippen LogP contribution in [-0.4, -0.2) is 26.2 Å². The fourth-order valence-corrected chi connectivity index (χ4v) is 0.860. The number of hydrogen-bond acceptors (Lipinski definition) is 0. The lowest BCUT2D eigenvalue weighted by molar-refractivity contribution is -0.186. The quantitative estimate of drug-likeness (QED) is 0.622. The summed E-state index contributed by atoms with van der Waals surface area (Å²) in [5.41, 5.74) is 0. The zero-order valence-corrected chi connectivity index (χ0v) is 10.9. The Kier molecular flexibility index (Phi) is 15.5. The summed E-state index contributed by atoms with van der Waals surface area (Å²) in [4.78, 5) is 0. The fraction of sp³-hybridized carbons (Fsp3) is 1.00. The van der Waals surface area contributed by atoms with E-state index in [9.17, 15) is 26.3 Å². The van der Waals surface area contributed by atoms with Gasteiger partial charge in [0.25, 0.3) is 0 Å². The van der Waals surface area contributed by atoms with Crippen molar-refractivity contribution in [3.8, 4) is 0 Å². The minimum absolute atomic E-state index is 0.0271. The Morgan fingerprint density at radius 1 is 1.00 bits per heavy atom. The molecule has 108 valence electrons. The Labute approximate surface area is 99.4 Å². The lowest BCUT2D eigenvalue weighted by atomic mass is 9.97. The van der Waals surface area contributed by atoms with E-state index in [4.69, 9.17) is 0 Å². The molecule has 0 spiro atoms. The second-order valence-corrected chi connectivity index (χ2v) is 3.74. The first-order valence-corrected chi connectivity index (χ1v) is 5.31. The van der Waals surface area contributed by atoms with Crippen LogP contribution in [-0.2, 0) is 0 Å². The Bertz CT molecular complexity index is 143. The van der Waals surface area contributed by atoms with Crippen LogP contribution in [0, 0.1) is 11.8 Å². The van der Waals surface area contributed by atoms with Gasteiger partial charge < -0.3 is 0 Å². The molecule has 0 N–H and O–H groups in total. The lowest BCUT2D eigenvalue weighted by Gasteiger charge is -2.20. The molecule has 0 saturated carbocycles. The van der Waals surface area contributed by atoms with Crippen molar-refractivity contribution in [3.63, 3.8) is 0 Å². The molecule has 0 aliphatic carbocycles. The molecule has 6 heteroatoms. The summed E-state index contributed by atoms with van der Waals surface area (Å²) in [6.07, 6.45) is -6.21. The van der Waals surface area contributed by atoms with Crippen LogP contribution in [0.25, 0.3) is 0 Å². The standard InChI is InChI=1S/C8H14F4.C2H5F.CH3F/c1-5(2)4-7(9)6(3)8(10,11)12;1-2-3;1-2/h5-7H,4H2,1-3H3;2H2,1H3;1H3. The van der Waals surface area contributed by atoms with E-state index in [1.807, 2.05) is 0 Å². The third-order valence-electron chi connectivity index (χ3n) is 1.76. The highest BCUT2D eigenvalue weighted by Crippen LogP contribution is 2.32. The first-order valence-electron chi connectivity index (χ1n) is 5.31. The first-order chi connectivity index (χ1) is 7.66. The molecule has 0 nitrogen and oxygen atoms in total. The summed E-state index contributed by atoms with van der Waals surface area (Å²) < 4.78 is 68.3. The molecule has 0 amide bonds. The van der Waals surface area contributed by atoms with Gasteiger partial charge in [-0.2, -0.15) is 13.2 Å². The molecule has 0 aromatic heterocycles. The second kappa shape index (κ2) is 12.0. The maximum Gasteiger partial charge on any atom is 0.394 e. The molecule has 0 saturated heterocycles. The molecule has 0 aliphatic rings. The summed E-state index contributed by atoms with van der Waals surface area (Å²) in [6.45, 7) is 5.50. The Balaban J connectivity index is -0.000000337. The zero-order valence-electron chi connectivity index (χ0n) is 10.9. The van der Waals surface area contributed by atoms with Gasteiger partial charge in [0.1, 0.15) is 6.17 Å². The minimum Gasteiger partial charge on any atom is -0.255 e. The van der Waals surface area contributed by atoms with E-state index in [1.165, 1.54) is 6.92 Å². The third kappa shape index (κ3) is 15.6. The average Bonchev–Trinajstić information content (AvgIpc) is 2.18. The van der Waals surface area contributed by atoms with Gasteiger partial charge in [-0.25, -0.2) is 4.39 Å². The molecule has 0 fully saturated rings. The summed E-state index contributed by atoms with van der Waals surface area (Å²) in [6, 6.07) is 0. The van der Waals surface area contributed by atoms with Crippen LogP contribution in [0.4, 0.5) is 26.3 Å². The van der Waals surface area contributed by atoms with Gasteiger partial charge in [-0.15, -0.1) is 0 Å². The molecule has 0 aromatic carbocycles. The summed E-state index contributed by atoms with van der Waals surface area (Å²) in [5.74, 6) is -1.88. The highest BCUT2D eigenvalue weighted by Gasteiger charge is 2.41. The van der Waals surface area contributed by atoms with Gasteiger partial charge >= 0.3 is 6.18 Å². The van der Waals surface area contributed by atoms with E-state index >= 15 is 0 Å². The highest BCUT2D eigenvalue weighted by atomic mass is 19.4. The van der Waals surface area contributed by atoms with Crippen LogP contribution in [0.1, 0.15) is 34.1 Å². The SMILES string of the molecule is CC(C)CC(F)C(C)C(F)(F)F.CCF.CF. The molecule has 2 atom stereocenters. The van der Waals surface area contributed by atoms with Crippen molar-refractivity contribution in [2.75, 3.05) is 13.9 Å². The predicted molar refractivity (Wildman–Crippen MR) is 58.3 cm³/mol. The molecule has 2 unspecified atom stereocenters. The van der Waals surface area contributed by atoms with E-state index in [1.54, 1.807) is 13.8 Å². The molecule has 0 rings (SSSR count). The van der Waals surface area contributed by atoms with Crippen molar-refractivity contribution in [2.45, 2.75) is 46.5 Å². The van der Waals surface area contributed by atoms with Crippen molar-refractivity contribution in [1.82, 2.24) is 0 Å². The van der Waals surface area contributed by atoms with Gasteiger partial charge in [-0.05, 0) is 19.3 Å². The van der Waals surface area contributed by atoms with Gasteiger partial charge in [0.05, 0.1) is 19.8 Å². The maximum atomic E-state index is 12.8.